The lowest BCUT2D eigenvalue weighted by molar-refractivity contribution is 0.00791. The van der Waals surface area contributed by atoms with Crippen molar-refractivity contribution in [2.45, 2.75) is 11.0 Å². The fourth-order valence-electron chi connectivity index (χ4n) is 0.708. The summed E-state index contributed by atoms with van der Waals surface area (Å²) in [5, 5.41) is -1.33. The molecule has 68 valence electrons. The summed E-state index contributed by atoms with van der Waals surface area (Å²) >= 11 is 0. The van der Waals surface area contributed by atoms with E-state index in [-0.39, 0.29) is 0 Å². The Morgan fingerprint density at radius 2 is 2.08 bits per heavy atom. The molecule has 0 spiro atoms. The van der Waals surface area contributed by atoms with Crippen LogP contribution in [0.5, 0.6) is 0 Å². The highest BCUT2D eigenvalue weighted by Gasteiger charge is 2.59. The van der Waals surface area contributed by atoms with E-state index in [2.05, 4.69) is 18.3 Å². The van der Waals surface area contributed by atoms with E-state index in [0.29, 0.717) is 0 Å². The Hall–Kier alpha value is 0.600. The highest BCUT2D eigenvalue weighted by atomic mass is 31.2. The van der Waals surface area contributed by atoms with Crippen LogP contribution in [0.15, 0.2) is 0 Å². The zero-order chi connectivity index (χ0) is 9.62. The molecule has 0 N–H and O–H groups in total. The van der Waals surface area contributed by atoms with Gasteiger partial charge in [0.2, 0.25) is 5.75 Å². The van der Waals surface area contributed by atoms with E-state index in [1.54, 1.807) is 0 Å². The van der Waals surface area contributed by atoms with Crippen LogP contribution in [0.1, 0.15) is 0 Å². The number of alkyl halides is 1. The summed E-state index contributed by atoms with van der Waals surface area (Å²) in [6.07, 6.45) is 0. The molecule has 0 radical (unpaired) electrons. The average molecular weight is 212 g/mol. The van der Waals surface area contributed by atoms with Gasteiger partial charge < -0.3 is 0 Å². The van der Waals surface area contributed by atoms with Crippen molar-refractivity contribution < 1.29 is 22.5 Å². The van der Waals surface area contributed by atoms with Gasteiger partial charge in [-0.25, -0.2) is 8.96 Å². The van der Waals surface area contributed by atoms with Crippen molar-refractivity contribution in [3.05, 3.63) is 0 Å². The minimum absolute atomic E-state index is 1.14. The molecule has 0 saturated carbocycles. The quantitative estimate of drug-likeness (QED) is 0.421. The molecule has 0 aromatic rings. The SMILES string of the molecule is BC1(F)OP(=O)(OC)OC1(B)P. The molecule has 1 aliphatic heterocycles. The monoisotopic (exact) mass is 212 g/mol. The number of rotatable bonds is 1. The molecular formula is C3H9B2FO4P2. The van der Waals surface area contributed by atoms with Gasteiger partial charge in [-0.15, -0.1) is 9.24 Å². The van der Waals surface area contributed by atoms with E-state index < -0.39 is 18.8 Å². The van der Waals surface area contributed by atoms with E-state index in [1.165, 1.54) is 7.85 Å². The molecule has 0 aromatic heterocycles. The summed E-state index contributed by atoms with van der Waals surface area (Å²) in [5.74, 6) is -2.12. The van der Waals surface area contributed by atoms with E-state index >= 15 is 0 Å². The van der Waals surface area contributed by atoms with Gasteiger partial charge in [-0.1, -0.05) is 0 Å². The fourth-order valence-corrected chi connectivity index (χ4v) is 2.67. The molecule has 0 amide bonds. The largest absolute Gasteiger partial charge is 0.477 e. The normalized spacial score (nSPS) is 54.2. The number of hydrogen-bond donors (Lipinski definition) is 0. The lowest BCUT2D eigenvalue weighted by Gasteiger charge is -2.24. The lowest BCUT2D eigenvalue weighted by atomic mass is 9.79. The maximum absolute atomic E-state index is 13.5. The van der Waals surface area contributed by atoms with Crippen LogP contribution in [0.3, 0.4) is 0 Å². The smallest absolute Gasteiger partial charge is 0.290 e. The standard InChI is InChI=1S/C3H9B2FO4P2/c1-8-12(7)9-2(4,6)3(5,11)10-12/h4-5,11H2,1H3. The third kappa shape index (κ3) is 1.61. The van der Waals surface area contributed by atoms with Gasteiger partial charge in [-0.05, 0) is 0 Å². The minimum atomic E-state index is -3.69. The second-order valence-corrected chi connectivity index (χ2v) is 5.56. The van der Waals surface area contributed by atoms with Crippen LogP contribution in [0.4, 0.5) is 4.39 Å². The topological polar surface area (TPSA) is 44.8 Å². The molecule has 0 aliphatic carbocycles. The summed E-state index contributed by atoms with van der Waals surface area (Å²) in [7, 11) is 2.10. The molecule has 1 fully saturated rings. The average Bonchev–Trinajstić information content (AvgIpc) is 1.99. The van der Waals surface area contributed by atoms with Crippen molar-refractivity contribution in [1.29, 1.82) is 0 Å². The van der Waals surface area contributed by atoms with Gasteiger partial charge in [0.25, 0.3) is 0 Å². The van der Waals surface area contributed by atoms with Crippen molar-refractivity contribution in [2.24, 2.45) is 0 Å². The predicted octanol–water partition coefficient (Wildman–Crippen LogP) is -0.794. The van der Waals surface area contributed by atoms with Crippen LogP contribution in [0.2, 0.25) is 0 Å². The highest BCUT2D eigenvalue weighted by Crippen LogP contribution is 2.64. The molecule has 0 bridgehead atoms. The summed E-state index contributed by atoms with van der Waals surface area (Å²) in [6.45, 7) is 0. The number of halogens is 1. The van der Waals surface area contributed by atoms with Crippen LogP contribution < -0.4 is 0 Å². The van der Waals surface area contributed by atoms with Gasteiger partial charge in [-0.3, -0.25) is 13.6 Å². The first-order chi connectivity index (χ1) is 5.22. The van der Waals surface area contributed by atoms with Crippen LogP contribution in [0.25, 0.3) is 0 Å². The highest BCUT2D eigenvalue weighted by molar-refractivity contribution is 7.49. The summed E-state index contributed by atoms with van der Waals surface area (Å²) in [4.78, 5) is 0. The third-order valence-electron chi connectivity index (χ3n) is 1.69. The Bertz CT molecular complexity index is 224. The second kappa shape index (κ2) is 2.79. The van der Waals surface area contributed by atoms with Crippen molar-refractivity contribution in [2.75, 3.05) is 7.11 Å². The molecule has 9 heteroatoms. The van der Waals surface area contributed by atoms with E-state index in [9.17, 15) is 8.96 Å². The zero-order valence-corrected chi connectivity index (χ0v) is 9.08. The first-order valence-electron chi connectivity index (χ1n) is 3.27. The van der Waals surface area contributed by atoms with Crippen LogP contribution in [-0.4, -0.2) is 33.8 Å². The summed E-state index contributed by atoms with van der Waals surface area (Å²) < 4.78 is 38.5. The number of phosphoric ester groups is 1. The van der Waals surface area contributed by atoms with Crippen LogP contribution >= 0.6 is 17.1 Å². The van der Waals surface area contributed by atoms with E-state index in [4.69, 9.17) is 4.52 Å². The Labute approximate surface area is 74.2 Å². The molecule has 1 heterocycles. The van der Waals surface area contributed by atoms with Gasteiger partial charge in [0.1, 0.15) is 5.24 Å². The molecule has 4 nitrogen and oxygen atoms in total. The van der Waals surface area contributed by atoms with Crippen molar-refractivity contribution in [3.8, 4) is 0 Å². The molecule has 4 atom stereocenters. The zero-order valence-electron chi connectivity index (χ0n) is 7.04. The maximum Gasteiger partial charge on any atom is 0.477 e. The first kappa shape index (κ1) is 10.7. The van der Waals surface area contributed by atoms with Gasteiger partial charge in [-0.2, -0.15) is 0 Å². The first-order valence-corrected chi connectivity index (χ1v) is 5.31. The van der Waals surface area contributed by atoms with Crippen molar-refractivity contribution in [3.63, 3.8) is 0 Å². The molecule has 1 rings (SSSR count). The molecule has 0 aromatic carbocycles. The second-order valence-electron chi connectivity index (χ2n) is 2.84. The number of hydrogen-bond acceptors (Lipinski definition) is 4. The Morgan fingerprint density at radius 3 is 2.25 bits per heavy atom. The molecule has 1 saturated heterocycles. The van der Waals surface area contributed by atoms with E-state index in [1.807, 2.05) is 0 Å². The van der Waals surface area contributed by atoms with Gasteiger partial charge >= 0.3 is 7.82 Å². The van der Waals surface area contributed by atoms with Crippen LogP contribution in [-0.2, 0) is 18.1 Å². The van der Waals surface area contributed by atoms with Gasteiger partial charge in [0.15, 0.2) is 15.7 Å². The van der Waals surface area contributed by atoms with E-state index in [0.717, 1.165) is 15.0 Å². The fraction of sp³-hybridized carbons (Fsp3) is 1.00. The molecule has 1 aliphatic rings. The van der Waals surface area contributed by atoms with Gasteiger partial charge in [0.05, 0.1) is 0 Å². The minimum Gasteiger partial charge on any atom is -0.290 e. The van der Waals surface area contributed by atoms with Crippen molar-refractivity contribution in [1.82, 2.24) is 0 Å². The third-order valence-corrected chi connectivity index (χ3v) is 4.14. The summed E-state index contributed by atoms with van der Waals surface area (Å²) in [5.41, 5.74) is 0. The van der Waals surface area contributed by atoms with Crippen molar-refractivity contribution >= 4 is 32.8 Å². The Morgan fingerprint density at radius 1 is 1.58 bits per heavy atom. The van der Waals surface area contributed by atoms with Crippen LogP contribution in [0, 0.1) is 0 Å². The Balaban J connectivity index is 2.96. The molecule has 12 heavy (non-hydrogen) atoms. The Kier molecular flexibility index (Phi) is 2.49. The molecule has 4 unspecified atom stereocenters. The predicted molar refractivity (Wildman–Crippen MR) is 50.2 cm³/mol. The maximum atomic E-state index is 13.5. The van der Waals surface area contributed by atoms with Gasteiger partial charge in [0, 0.05) is 7.11 Å². The lowest BCUT2D eigenvalue weighted by Crippen LogP contribution is -2.44. The number of phosphoric acid groups is 1. The summed E-state index contributed by atoms with van der Waals surface area (Å²) in [6, 6.07) is 0. The molecular weight excluding hydrogens is 203 g/mol.